The van der Waals surface area contributed by atoms with E-state index in [1.165, 1.54) is 0 Å². The molecule has 1 unspecified atom stereocenters. The van der Waals surface area contributed by atoms with Crippen molar-refractivity contribution in [1.29, 1.82) is 0 Å². The van der Waals surface area contributed by atoms with Gasteiger partial charge in [0, 0.05) is 11.6 Å². The molecule has 4 N–H and O–H groups in total. The largest absolute Gasteiger partial charge is 0.366 e. The third kappa shape index (κ3) is 2.85. The van der Waals surface area contributed by atoms with Gasteiger partial charge in [0.2, 0.25) is 5.91 Å². The molecule has 0 aliphatic carbocycles. The highest BCUT2D eigenvalue weighted by atomic mass is 16.1. The summed E-state index contributed by atoms with van der Waals surface area (Å²) in [5.74, 6) is -0.392. The van der Waals surface area contributed by atoms with E-state index >= 15 is 0 Å². The summed E-state index contributed by atoms with van der Waals surface area (Å²) in [5.41, 5.74) is 12.6. The minimum atomic E-state index is -0.392. The Kier molecular flexibility index (Phi) is 3.65. The molecule has 3 nitrogen and oxygen atoms in total. The van der Waals surface area contributed by atoms with Crippen LogP contribution < -0.4 is 11.5 Å². The van der Waals surface area contributed by atoms with Crippen LogP contribution in [0.2, 0.25) is 0 Å². The summed E-state index contributed by atoms with van der Waals surface area (Å²) in [6.45, 7) is 2.06. The first-order valence-corrected chi connectivity index (χ1v) is 4.77. The molecule has 0 radical (unpaired) electrons. The number of primary amides is 1. The van der Waals surface area contributed by atoms with Crippen molar-refractivity contribution in [1.82, 2.24) is 0 Å². The van der Waals surface area contributed by atoms with Gasteiger partial charge >= 0.3 is 0 Å². The summed E-state index contributed by atoms with van der Waals surface area (Å²) in [5, 5.41) is 0. The monoisotopic (exact) mass is 192 g/mol. The highest BCUT2D eigenvalue weighted by Gasteiger charge is 2.03. The molecular weight excluding hydrogens is 176 g/mol. The first-order chi connectivity index (χ1) is 6.63. The number of rotatable bonds is 4. The second kappa shape index (κ2) is 4.77. The van der Waals surface area contributed by atoms with E-state index in [1.54, 1.807) is 12.1 Å². The number of nitrogens with two attached hydrogens (primary N) is 2. The maximum atomic E-state index is 10.8. The first kappa shape index (κ1) is 10.7. The minimum absolute atomic E-state index is 0.189. The van der Waals surface area contributed by atoms with Crippen molar-refractivity contribution in [3.05, 3.63) is 35.4 Å². The number of hydrogen-bond acceptors (Lipinski definition) is 2. The summed E-state index contributed by atoms with van der Waals surface area (Å²) >= 11 is 0. The molecule has 76 valence electrons. The highest BCUT2D eigenvalue weighted by Crippen LogP contribution is 2.06. The molecule has 1 atom stereocenters. The molecule has 0 bridgehead atoms. The Hall–Kier alpha value is -1.35. The quantitative estimate of drug-likeness (QED) is 0.749. The van der Waals surface area contributed by atoms with Gasteiger partial charge in [-0.15, -0.1) is 0 Å². The number of carbonyl (C=O) groups is 1. The maximum Gasteiger partial charge on any atom is 0.248 e. The van der Waals surface area contributed by atoms with Gasteiger partial charge in [0.25, 0.3) is 0 Å². The fraction of sp³-hybridized carbons (Fsp3) is 0.364. The molecule has 1 aromatic carbocycles. The van der Waals surface area contributed by atoms with E-state index in [4.69, 9.17) is 11.5 Å². The topological polar surface area (TPSA) is 69.1 Å². The molecule has 0 aliphatic rings. The van der Waals surface area contributed by atoms with Crippen molar-refractivity contribution in [3.63, 3.8) is 0 Å². The smallest absolute Gasteiger partial charge is 0.248 e. The average Bonchev–Trinajstić information content (AvgIpc) is 2.18. The van der Waals surface area contributed by atoms with Crippen LogP contribution in [0, 0.1) is 0 Å². The Bertz CT molecular complexity index is 306. The Morgan fingerprint density at radius 3 is 2.36 bits per heavy atom. The normalized spacial score (nSPS) is 12.4. The van der Waals surface area contributed by atoms with Gasteiger partial charge in [0.15, 0.2) is 0 Å². The van der Waals surface area contributed by atoms with Crippen LogP contribution in [0.5, 0.6) is 0 Å². The Balaban J connectivity index is 2.68. The zero-order valence-electron chi connectivity index (χ0n) is 8.36. The number of benzene rings is 1. The zero-order valence-corrected chi connectivity index (χ0v) is 8.36. The number of carbonyl (C=O) groups excluding carboxylic acids is 1. The lowest BCUT2D eigenvalue weighted by atomic mass is 10.0. The van der Waals surface area contributed by atoms with Crippen molar-refractivity contribution >= 4 is 5.91 Å². The van der Waals surface area contributed by atoms with Crippen LogP contribution in [-0.4, -0.2) is 11.9 Å². The fourth-order valence-corrected chi connectivity index (χ4v) is 1.25. The summed E-state index contributed by atoms with van der Waals surface area (Å²) < 4.78 is 0. The van der Waals surface area contributed by atoms with Crippen LogP contribution in [0.4, 0.5) is 0 Å². The van der Waals surface area contributed by atoms with Gasteiger partial charge in [-0.05, 0) is 30.5 Å². The number of amides is 1. The van der Waals surface area contributed by atoms with Gasteiger partial charge in [-0.2, -0.15) is 0 Å². The molecule has 0 saturated carbocycles. The van der Waals surface area contributed by atoms with Crippen molar-refractivity contribution < 1.29 is 4.79 Å². The van der Waals surface area contributed by atoms with Crippen LogP contribution >= 0.6 is 0 Å². The van der Waals surface area contributed by atoms with E-state index < -0.39 is 5.91 Å². The number of hydrogen-bond donors (Lipinski definition) is 2. The molecule has 1 amide bonds. The predicted molar refractivity (Wildman–Crippen MR) is 56.9 cm³/mol. The summed E-state index contributed by atoms with van der Waals surface area (Å²) in [7, 11) is 0. The highest BCUT2D eigenvalue weighted by molar-refractivity contribution is 5.92. The average molecular weight is 192 g/mol. The predicted octanol–water partition coefficient (Wildman–Crippen LogP) is 1.07. The molecular formula is C11H16N2O. The summed E-state index contributed by atoms with van der Waals surface area (Å²) in [6.07, 6.45) is 1.80. The van der Waals surface area contributed by atoms with E-state index in [2.05, 4.69) is 6.92 Å². The van der Waals surface area contributed by atoms with Crippen LogP contribution in [0.3, 0.4) is 0 Å². The van der Waals surface area contributed by atoms with E-state index in [1.807, 2.05) is 12.1 Å². The molecule has 0 heterocycles. The Labute approximate surface area is 84.1 Å². The van der Waals surface area contributed by atoms with Gasteiger partial charge in [-0.3, -0.25) is 4.79 Å². The standard InChI is InChI=1S/C11H16N2O/c1-2-10(12)7-8-3-5-9(6-4-8)11(13)14/h3-6,10H,2,7,12H2,1H3,(H2,13,14). The summed E-state index contributed by atoms with van der Waals surface area (Å²) in [4.78, 5) is 10.8. The van der Waals surface area contributed by atoms with Gasteiger partial charge in [-0.1, -0.05) is 19.1 Å². The van der Waals surface area contributed by atoms with Crippen LogP contribution in [0.25, 0.3) is 0 Å². The van der Waals surface area contributed by atoms with Crippen molar-refractivity contribution in [2.45, 2.75) is 25.8 Å². The van der Waals surface area contributed by atoms with Crippen molar-refractivity contribution in [2.24, 2.45) is 11.5 Å². The SMILES string of the molecule is CCC(N)Cc1ccc(C(N)=O)cc1. The third-order valence-corrected chi connectivity index (χ3v) is 2.26. The summed E-state index contributed by atoms with van der Waals surface area (Å²) in [6, 6.07) is 7.46. The molecule has 1 rings (SSSR count). The van der Waals surface area contributed by atoms with Crippen molar-refractivity contribution in [3.8, 4) is 0 Å². The molecule has 0 aromatic heterocycles. The molecule has 3 heteroatoms. The third-order valence-electron chi connectivity index (χ3n) is 2.26. The fourth-order valence-electron chi connectivity index (χ4n) is 1.25. The lowest BCUT2D eigenvalue weighted by Gasteiger charge is -2.08. The second-order valence-corrected chi connectivity index (χ2v) is 3.43. The minimum Gasteiger partial charge on any atom is -0.366 e. The van der Waals surface area contributed by atoms with Gasteiger partial charge < -0.3 is 11.5 Å². The zero-order chi connectivity index (χ0) is 10.6. The Morgan fingerprint density at radius 1 is 1.36 bits per heavy atom. The van der Waals surface area contributed by atoms with Gasteiger partial charge in [0.05, 0.1) is 0 Å². The van der Waals surface area contributed by atoms with Crippen LogP contribution in [-0.2, 0) is 6.42 Å². The van der Waals surface area contributed by atoms with Gasteiger partial charge in [0.1, 0.15) is 0 Å². The van der Waals surface area contributed by atoms with E-state index in [9.17, 15) is 4.79 Å². The molecule has 0 spiro atoms. The van der Waals surface area contributed by atoms with E-state index in [0.29, 0.717) is 5.56 Å². The lowest BCUT2D eigenvalue weighted by Crippen LogP contribution is -2.21. The lowest BCUT2D eigenvalue weighted by molar-refractivity contribution is 0.100. The molecule has 0 fully saturated rings. The Morgan fingerprint density at radius 2 is 1.93 bits per heavy atom. The second-order valence-electron chi connectivity index (χ2n) is 3.43. The molecule has 0 saturated heterocycles. The maximum absolute atomic E-state index is 10.8. The van der Waals surface area contributed by atoms with Crippen molar-refractivity contribution in [2.75, 3.05) is 0 Å². The van der Waals surface area contributed by atoms with Gasteiger partial charge in [-0.25, -0.2) is 0 Å². The van der Waals surface area contributed by atoms with E-state index in [-0.39, 0.29) is 6.04 Å². The first-order valence-electron chi connectivity index (χ1n) is 4.77. The van der Waals surface area contributed by atoms with Crippen LogP contribution in [0.15, 0.2) is 24.3 Å². The molecule has 0 aliphatic heterocycles. The van der Waals surface area contributed by atoms with E-state index in [0.717, 1.165) is 18.4 Å². The molecule has 1 aromatic rings. The molecule has 14 heavy (non-hydrogen) atoms. The van der Waals surface area contributed by atoms with Crippen LogP contribution in [0.1, 0.15) is 29.3 Å².